The molecule has 2 amide bonds. The Morgan fingerprint density at radius 1 is 1.19 bits per heavy atom. The van der Waals surface area contributed by atoms with E-state index in [0.717, 1.165) is 29.7 Å². The predicted octanol–water partition coefficient (Wildman–Crippen LogP) is 2.21. The molecular weight excluding hydrogens is 330 g/mol. The summed E-state index contributed by atoms with van der Waals surface area (Å²) in [4.78, 5) is 28.3. The largest absolute Gasteiger partial charge is 0.368 e. The number of pyridine rings is 1. The lowest BCUT2D eigenvalue weighted by Crippen LogP contribution is -2.33. The van der Waals surface area contributed by atoms with Gasteiger partial charge in [0.25, 0.3) is 5.91 Å². The summed E-state index contributed by atoms with van der Waals surface area (Å²) in [6.07, 6.45) is 1.43. The van der Waals surface area contributed by atoms with Crippen LogP contribution in [0.1, 0.15) is 34.5 Å². The molecule has 0 radical (unpaired) electrons. The van der Waals surface area contributed by atoms with E-state index in [9.17, 15) is 9.59 Å². The Kier molecular flexibility index (Phi) is 5.63. The van der Waals surface area contributed by atoms with E-state index in [-0.39, 0.29) is 17.9 Å². The van der Waals surface area contributed by atoms with Crippen molar-refractivity contribution >= 4 is 11.8 Å². The number of carbonyl (C=O) groups excluding carboxylic acids is 2. The fourth-order valence-corrected chi connectivity index (χ4v) is 2.98. The number of nitrogens with zero attached hydrogens (tertiary/aromatic N) is 1. The number of benzene rings is 1. The number of hydrogen-bond donors (Lipinski definition) is 2. The average molecular weight is 353 g/mol. The van der Waals surface area contributed by atoms with Crippen molar-refractivity contribution in [2.24, 2.45) is 0 Å². The summed E-state index contributed by atoms with van der Waals surface area (Å²) in [7, 11) is 1.60. The first kappa shape index (κ1) is 18.1. The first-order valence-corrected chi connectivity index (χ1v) is 8.77. The number of ether oxygens (including phenoxy) is 1. The van der Waals surface area contributed by atoms with E-state index in [1.165, 1.54) is 0 Å². The molecule has 26 heavy (non-hydrogen) atoms. The minimum absolute atomic E-state index is 0.0475. The Hall–Kier alpha value is -2.73. The van der Waals surface area contributed by atoms with E-state index in [1.807, 2.05) is 37.3 Å². The van der Waals surface area contributed by atoms with Gasteiger partial charge in [-0.25, -0.2) is 0 Å². The lowest BCUT2D eigenvalue weighted by Gasteiger charge is -2.11. The van der Waals surface area contributed by atoms with Gasteiger partial charge in [0.1, 0.15) is 6.10 Å². The third kappa shape index (κ3) is 4.08. The van der Waals surface area contributed by atoms with Gasteiger partial charge < -0.3 is 15.4 Å². The average Bonchev–Trinajstić information content (AvgIpc) is 3.21. The summed E-state index contributed by atoms with van der Waals surface area (Å²) >= 11 is 0. The van der Waals surface area contributed by atoms with Crippen LogP contribution in [0, 0.1) is 6.92 Å². The second-order valence-corrected chi connectivity index (χ2v) is 6.32. The van der Waals surface area contributed by atoms with Crippen LogP contribution < -0.4 is 10.6 Å². The number of carbonyl (C=O) groups is 2. The minimum atomic E-state index is -0.305. The van der Waals surface area contributed by atoms with Crippen molar-refractivity contribution in [1.82, 2.24) is 15.6 Å². The maximum Gasteiger partial charge on any atom is 0.252 e. The molecule has 2 aromatic rings. The van der Waals surface area contributed by atoms with E-state index < -0.39 is 0 Å². The summed E-state index contributed by atoms with van der Waals surface area (Å²) in [5.41, 5.74) is 4.05. The lowest BCUT2D eigenvalue weighted by molar-refractivity contribution is -0.130. The Morgan fingerprint density at radius 3 is 2.58 bits per heavy atom. The molecule has 1 aliphatic heterocycles. The summed E-state index contributed by atoms with van der Waals surface area (Å²) < 4.78 is 5.38. The van der Waals surface area contributed by atoms with E-state index >= 15 is 0 Å². The SMILES string of the molecule is CNC(=O)c1ccc(-c2ccc(CNC(=O)[C@H]3CCCO3)cc2)nc1C. The monoisotopic (exact) mass is 353 g/mol. The number of amides is 2. The molecule has 0 aliphatic carbocycles. The van der Waals surface area contributed by atoms with Crippen molar-refractivity contribution < 1.29 is 14.3 Å². The Balaban J connectivity index is 1.64. The summed E-state index contributed by atoms with van der Waals surface area (Å²) in [5.74, 6) is -0.187. The normalized spacial score (nSPS) is 16.3. The topological polar surface area (TPSA) is 80.3 Å². The highest BCUT2D eigenvalue weighted by atomic mass is 16.5. The van der Waals surface area contributed by atoms with Crippen LogP contribution in [0.5, 0.6) is 0 Å². The molecule has 136 valence electrons. The molecule has 2 heterocycles. The van der Waals surface area contributed by atoms with Crippen LogP contribution in [0.4, 0.5) is 0 Å². The zero-order chi connectivity index (χ0) is 18.5. The van der Waals surface area contributed by atoms with Crippen molar-refractivity contribution in [2.75, 3.05) is 13.7 Å². The molecular formula is C20H23N3O3. The third-order valence-corrected chi connectivity index (χ3v) is 4.50. The van der Waals surface area contributed by atoms with Crippen LogP contribution in [-0.4, -0.2) is 36.6 Å². The zero-order valence-electron chi connectivity index (χ0n) is 15.0. The first-order valence-electron chi connectivity index (χ1n) is 8.77. The van der Waals surface area contributed by atoms with Gasteiger partial charge >= 0.3 is 0 Å². The molecule has 0 spiro atoms. The van der Waals surface area contributed by atoms with E-state index in [2.05, 4.69) is 15.6 Å². The maximum absolute atomic E-state index is 12.0. The number of rotatable bonds is 5. The second-order valence-electron chi connectivity index (χ2n) is 6.32. The Morgan fingerprint density at radius 2 is 1.96 bits per heavy atom. The van der Waals surface area contributed by atoms with Crippen LogP contribution in [0.3, 0.4) is 0 Å². The molecule has 3 rings (SSSR count). The predicted molar refractivity (Wildman–Crippen MR) is 98.6 cm³/mol. The van der Waals surface area contributed by atoms with Gasteiger partial charge in [-0.1, -0.05) is 24.3 Å². The van der Waals surface area contributed by atoms with Crippen molar-refractivity contribution in [3.8, 4) is 11.3 Å². The van der Waals surface area contributed by atoms with Crippen molar-refractivity contribution in [2.45, 2.75) is 32.4 Å². The van der Waals surface area contributed by atoms with Gasteiger partial charge in [-0.3, -0.25) is 14.6 Å². The summed E-state index contributed by atoms with van der Waals surface area (Å²) in [6.45, 7) is 2.96. The van der Waals surface area contributed by atoms with Crippen LogP contribution in [-0.2, 0) is 16.1 Å². The summed E-state index contributed by atoms with van der Waals surface area (Å²) in [6, 6.07) is 11.5. The number of hydrogen-bond acceptors (Lipinski definition) is 4. The van der Waals surface area contributed by atoms with E-state index in [1.54, 1.807) is 13.1 Å². The second kappa shape index (κ2) is 8.10. The van der Waals surface area contributed by atoms with Crippen LogP contribution >= 0.6 is 0 Å². The smallest absolute Gasteiger partial charge is 0.252 e. The molecule has 6 heteroatoms. The molecule has 1 aromatic carbocycles. The highest BCUT2D eigenvalue weighted by Gasteiger charge is 2.22. The minimum Gasteiger partial charge on any atom is -0.368 e. The fraction of sp³-hybridized carbons (Fsp3) is 0.350. The fourth-order valence-electron chi connectivity index (χ4n) is 2.98. The first-order chi connectivity index (χ1) is 12.6. The van der Waals surface area contributed by atoms with E-state index in [4.69, 9.17) is 4.74 Å². The quantitative estimate of drug-likeness (QED) is 0.864. The van der Waals surface area contributed by atoms with Gasteiger partial charge in [-0.05, 0) is 37.5 Å². The van der Waals surface area contributed by atoms with Gasteiger partial charge in [-0.2, -0.15) is 0 Å². The van der Waals surface area contributed by atoms with E-state index in [0.29, 0.717) is 24.4 Å². The Labute approximate surface area is 153 Å². The Bertz CT molecular complexity index is 796. The number of aryl methyl sites for hydroxylation is 1. The molecule has 2 N–H and O–H groups in total. The van der Waals surface area contributed by atoms with Crippen LogP contribution in [0.2, 0.25) is 0 Å². The summed E-state index contributed by atoms with van der Waals surface area (Å²) in [5, 5.41) is 5.52. The van der Waals surface area contributed by atoms with Crippen molar-refractivity contribution in [3.63, 3.8) is 0 Å². The van der Waals surface area contributed by atoms with Crippen molar-refractivity contribution in [3.05, 3.63) is 53.2 Å². The standard InChI is InChI=1S/C20H23N3O3/c1-13-16(19(24)21-2)9-10-17(23-13)15-7-5-14(6-8-15)12-22-20(25)18-4-3-11-26-18/h5-10,18H,3-4,11-12H2,1-2H3,(H,21,24)(H,22,25)/t18-/m1/s1. The van der Waals surface area contributed by atoms with Crippen molar-refractivity contribution in [1.29, 1.82) is 0 Å². The van der Waals surface area contributed by atoms with Gasteiger partial charge in [0.15, 0.2) is 0 Å². The highest BCUT2D eigenvalue weighted by molar-refractivity contribution is 5.95. The number of aromatic nitrogens is 1. The molecule has 1 atom stereocenters. The van der Waals surface area contributed by atoms with Gasteiger partial charge in [-0.15, -0.1) is 0 Å². The maximum atomic E-state index is 12.0. The molecule has 1 aliphatic rings. The molecule has 1 fully saturated rings. The molecule has 1 saturated heterocycles. The molecule has 6 nitrogen and oxygen atoms in total. The molecule has 1 aromatic heterocycles. The van der Waals surface area contributed by atoms with Gasteiger partial charge in [0.2, 0.25) is 5.91 Å². The van der Waals surface area contributed by atoms with Gasteiger partial charge in [0, 0.05) is 25.8 Å². The lowest BCUT2D eigenvalue weighted by atomic mass is 10.1. The molecule has 0 saturated carbocycles. The van der Waals surface area contributed by atoms with Crippen LogP contribution in [0.25, 0.3) is 11.3 Å². The zero-order valence-corrected chi connectivity index (χ0v) is 15.0. The highest BCUT2D eigenvalue weighted by Crippen LogP contribution is 2.20. The number of nitrogens with one attached hydrogen (secondary N) is 2. The third-order valence-electron chi connectivity index (χ3n) is 4.50. The molecule has 0 unspecified atom stereocenters. The molecule has 0 bridgehead atoms. The van der Waals surface area contributed by atoms with Crippen LogP contribution in [0.15, 0.2) is 36.4 Å². The van der Waals surface area contributed by atoms with Gasteiger partial charge in [0.05, 0.1) is 17.0 Å².